The van der Waals surface area contributed by atoms with Crippen LogP contribution < -0.4 is 4.72 Å². The van der Waals surface area contributed by atoms with E-state index >= 15 is 0 Å². The average Bonchev–Trinajstić information content (AvgIpc) is 3.00. The molecule has 2 atom stereocenters. The minimum atomic E-state index is -1.18. The molecule has 1 fully saturated rings. The Hall–Kier alpha value is -1.25. The van der Waals surface area contributed by atoms with Crippen LogP contribution in [0.5, 0.6) is 0 Å². The second-order valence-corrected chi connectivity index (χ2v) is 12.1. The molecule has 0 saturated carbocycles. The fraction of sp³-hybridized carbons (Fsp3) is 0.800. The summed E-state index contributed by atoms with van der Waals surface area (Å²) < 4.78 is 23.5. The fourth-order valence-corrected chi connectivity index (χ4v) is 4.94. The third kappa shape index (κ3) is 4.33. The van der Waals surface area contributed by atoms with E-state index < -0.39 is 17.0 Å². The van der Waals surface area contributed by atoms with Crippen LogP contribution in [0.25, 0.3) is 0 Å². The predicted octanol–water partition coefficient (Wildman–Crippen LogP) is 3.32. The van der Waals surface area contributed by atoms with Crippen LogP contribution in [0.2, 0.25) is 0 Å². The van der Waals surface area contributed by atoms with Gasteiger partial charge in [-0.2, -0.15) is 5.10 Å². The Morgan fingerprint density at radius 1 is 1.29 bits per heavy atom. The summed E-state index contributed by atoms with van der Waals surface area (Å²) in [6.07, 6.45) is 1.40. The zero-order chi connectivity index (χ0) is 20.9. The van der Waals surface area contributed by atoms with Crippen molar-refractivity contribution in [3.8, 4) is 0 Å². The SMILES string of the molecule is Cc1cc2n(n1)CC1(CCN(C(=O)OC(C)(C)C)CC1)[C@@H]2N[S@+]([O-])C(C)(C)C. The smallest absolute Gasteiger partial charge is 0.410 e. The molecule has 1 spiro atoms. The van der Waals surface area contributed by atoms with Crippen LogP contribution in [0.15, 0.2) is 6.07 Å². The minimum absolute atomic E-state index is 0.0328. The molecule has 0 radical (unpaired) electrons. The lowest BCUT2D eigenvalue weighted by Gasteiger charge is -2.43. The maximum absolute atomic E-state index is 12.9. The summed E-state index contributed by atoms with van der Waals surface area (Å²) in [4.78, 5) is 14.2. The molecule has 0 aromatic carbocycles. The highest BCUT2D eigenvalue weighted by Crippen LogP contribution is 2.50. The Kier molecular flexibility index (Phi) is 5.53. The van der Waals surface area contributed by atoms with Crippen molar-refractivity contribution in [3.63, 3.8) is 0 Å². The van der Waals surface area contributed by atoms with E-state index in [0.717, 1.165) is 30.8 Å². The lowest BCUT2D eigenvalue weighted by Crippen LogP contribution is -2.51. The first-order valence-corrected chi connectivity index (χ1v) is 11.2. The molecular weight excluding hydrogens is 376 g/mol. The molecule has 158 valence electrons. The molecule has 2 aliphatic rings. The summed E-state index contributed by atoms with van der Waals surface area (Å²) in [5, 5.41) is 4.64. The number of nitrogens with one attached hydrogen (secondary N) is 1. The van der Waals surface area contributed by atoms with E-state index in [1.807, 2.05) is 48.5 Å². The summed E-state index contributed by atoms with van der Waals surface area (Å²) in [6, 6.07) is 2.06. The normalized spacial score (nSPS) is 23.0. The largest absolute Gasteiger partial charge is 0.598 e. The van der Waals surface area contributed by atoms with Gasteiger partial charge in [0.05, 0.1) is 11.4 Å². The third-order valence-corrected chi connectivity index (χ3v) is 7.06. The van der Waals surface area contributed by atoms with Crippen molar-refractivity contribution in [2.45, 2.75) is 84.2 Å². The molecule has 8 heteroatoms. The molecule has 3 rings (SSSR count). The maximum Gasteiger partial charge on any atom is 0.410 e. The number of hydrogen-bond donors (Lipinski definition) is 1. The van der Waals surface area contributed by atoms with Gasteiger partial charge in [-0.25, -0.2) is 4.79 Å². The summed E-state index contributed by atoms with van der Waals surface area (Å²) in [6.45, 7) is 15.6. The highest BCUT2D eigenvalue weighted by Gasteiger charge is 2.52. The number of likely N-dealkylation sites (tertiary alicyclic amines) is 1. The number of ether oxygens (including phenoxy) is 1. The Bertz CT molecular complexity index is 727. The Balaban J connectivity index is 1.77. The van der Waals surface area contributed by atoms with E-state index in [1.165, 1.54) is 0 Å². The molecule has 2 aliphatic heterocycles. The first kappa shape index (κ1) is 21.5. The number of piperidine rings is 1. The van der Waals surface area contributed by atoms with Gasteiger partial charge in [0.2, 0.25) is 0 Å². The van der Waals surface area contributed by atoms with Crippen molar-refractivity contribution < 1.29 is 14.1 Å². The molecule has 1 N–H and O–H groups in total. The maximum atomic E-state index is 12.9. The molecule has 1 amide bonds. The van der Waals surface area contributed by atoms with Crippen LogP contribution in [0.4, 0.5) is 4.79 Å². The number of carbonyl (C=O) groups is 1. The molecular formula is C20H34N4O3S. The second kappa shape index (κ2) is 7.22. The number of rotatable bonds is 2. The lowest BCUT2D eigenvalue weighted by atomic mass is 9.73. The second-order valence-electron chi connectivity index (χ2n) is 10.1. The molecule has 1 saturated heterocycles. The molecule has 1 aromatic rings. The van der Waals surface area contributed by atoms with Gasteiger partial charge in [0.25, 0.3) is 0 Å². The van der Waals surface area contributed by atoms with Crippen molar-refractivity contribution in [2.24, 2.45) is 5.41 Å². The molecule has 0 aliphatic carbocycles. The monoisotopic (exact) mass is 410 g/mol. The zero-order valence-electron chi connectivity index (χ0n) is 18.2. The van der Waals surface area contributed by atoms with Gasteiger partial charge in [-0.3, -0.25) is 4.68 Å². The van der Waals surface area contributed by atoms with Crippen LogP contribution in [-0.4, -0.2) is 48.8 Å². The number of nitrogens with zero attached hydrogens (tertiary/aromatic N) is 3. The first-order chi connectivity index (χ1) is 12.8. The van der Waals surface area contributed by atoms with Gasteiger partial charge in [-0.05, 0) is 67.4 Å². The number of aryl methyl sites for hydroxylation is 1. The molecule has 0 unspecified atom stereocenters. The van der Waals surface area contributed by atoms with E-state index in [4.69, 9.17) is 4.74 Å². The van der Waals surface area contributed by atoms with Gasteiger partial charge in [0, 0.05) is 36.4 Å². The highest BCUT2D eigenvalue weighted by molar-refractivity contribution is 7.90. The van der Waals surface area contributed by atoms with Gasteiger partial charge in [0.1, 0.15) is 16.4 Å². The lowest BCUT2D eigenvalue weighted by molar-refractivity contribution is 0.00562. The van der Waals surface area contributed by atoms with E-state index in [1.54, 1.807) is 4.90 Å². The molecule has 1 aromatic heterocycles. The number of carbonyl (C=O) groups excluding carboxylic acids is 1. The first-order valence-electron chi connectivity index (χ1n) is 10.0. The van der Waals surface area contributed by atoms with Crippen molar-refractivity contribution in [1.29, 1.82) is 0 Å². The van der Waals surface area contributed by atoms with Gasteiger partial charge >= 0.3 is 6.09 Å². The summed E-state index contributed by atoms with van der Waals surface area (Å²) in [5.41, 5.74) is 1.49. The van der Waals surface area contributed by atoms with Crippen LogP contribution in [0, 0.1) is 12.3 Å². The number of aromatic nitrogens is 2. The van der Waals surface area contributed by atoms with Gasteiger partial charge in [0.15, 0.2) is 0 Å². The number of fused-ring (bicyclic) bond motifs is 1. The van der Waals surface area contributed by atoms with Crippen LogP contribution >= 0.6 is 0 Å². The van der Waals surface area contributed by atoms with Gasteiger partial charge < -0.3 is 14.2 Å². The summed E-state index contributed by atoms with van der Waals surface area (Å²) >= 11 is -1.18. The van der Waals surface area contributed by atoms with Crippen molar-refractivity contribution in [1.82, 2.24) is 19.4 Å². The Morgan fingerprint density at radius 2 is 1.89 bits per heavy atom. The van der Waals surface area contributed by atoms with Gasteiger partial charge in [-0.15, -0.1) is 4.72 Å². The van der Waals surface area contributed by atoms with Crippen LogP contribution in [0.1, 0.15) is 71.8 Å². The standard InChI is InChI=1S/C20H34N4O3S/c1-14-12-15-16(22-28(26)19(5,6)7)20(13-24(15)21-14)8-10-23(11-9-20)17(25)27-18(2,3)4/h12,16,22H,8-11,13H2,1-7H3/t16-,28-/m1/s1. The summed E-state index contributed by atoms with van der Waals surface area (Å²) in [5.74, 6) is 0. The Labute approximate surface area is 171 Å². The fourth-order valence-electron chi connectivity index (χ4n) is 4.00. The quantitative estimate of drug-likeness (QED) is 0.757. The van der Waals surface area contributed by atoms with E-state index in [2.05, 4.69) is 20.6 Å². The minimum Gasteiger partial charge on any atom is -0.598 e. The zero-order valence-corrected chi connectivity index (χ0v) is 19.0. The highest BCUT2D eigenvalue weighted by atomic mass is 32.2. The molecule has 28 heavy (non-hydrogen) atoms. The Morgan fingerprint density at radius 3 is 2.43 bits per heavy atom. The average molecular weight is 411 g/mol. The van der Waals surface area contributed by atoms with Crippen molar-refractivity contribution in [3.05, 3.63) is 17.5 Å². The number of hydrogen-bond acceptors (Lipinski definition) is 5. The van der Waals surface area contributed by atoms with E-state index in [-0.39, 0.29) is 22.3 Å². The van der Waals surface area contributed by atoms with Crippen LogP contribution in [-0.2, 0) is 22.6 Å². The molecule has 3 heterocycles. The molecule has 0 bridgehead atoms. The van der Waals surface area contributed by atoms with E-state index in [9.17, 15) is 9.35 Å². The van der Waals surface area contributed by atoms with Crippen molar-refractivity contribution >= 4 is 17.5 Å². The third-order valence-electron chi connectivity index (χ3n) is 5.50. The topological polar surface area (TPSA) is 82.5 Å². The van der Waals surface area contributed by atoms with E-state index in [0.29, 0.717) is 13.1 Å². The molecule has 7 nitrogen and oxygen atoms in total. The van der Waals surface area contributed by atoms with Crippen LogP contribution in [0.3, 0.4) is 0 Å². The predicted molar refractivity (Wildman–Crippen MR) is 110 cm³/mol. The van der Waals surface area contributed by atoms with Gasteiger partial charge in [-0.1, -0.05) is 0 Å². The van der Waals surface area contributed by atoms with Crippen molar-refractivity contribution in [2.75, 3.05) is 13.1 Å². The number of amides is 1. The summed E-state index contributed by atoms with van der Waals surface area (Å²) in [7, 11) is 0.